The highest BCUT2D eigenvalue weighted by Gasteiger charge is 2.28. The summed E-state index contributed by atoms with van der Waals surface area (Å²) >= 11 is 0. The van der Waals surface area contributed by atoms with Gasteiger partial charge >= 0.3 is 0 Å². The molecule has 2 amide bonds. The quantitative estimate of drug-likeness (QED) is 0.436. The van der Waals surface area contributed by atoms with Crippen molar-refractivity contribution in [2.75, 3.05) is 24.1 Å². The van der Waals surface area contributed by atoms with Crippen LogP contribution in [0, 0.1) is 5.92 Å². The third-order valence-corrected chi connectivity index (χ3v) is 3.02. The number of nitrogens with one attached hydrogen (secondary N) is 2. The van der Waals surface area contributed by atoms with Crippen LogP contribution in [-0.4, -0.2) is 24.9 Å². The molecule has 0 radical (unpaired) electrons. The first-order valence-corrected chi connectivity index (χ1v) is 6.29. The fraction of sp³-hybridized carbons (Fsp3) is 0.385. The molecule has 0 heterocycles. The molecule has 2 rings (SSSR count). The van der Waals surface area contributed by atoms with Gasteiger partial charge in [0.05, 0.1) is 5.56 Å². The minimum atomic E-state index is -0.553. The summed E-state index contributed by atoms with van der Waals surface area (Å²) in [5.41, 5.74) is 12.3. The molecular formula is C13H18N4O2. The number of rotatable bonds is 6. The summed E-state index contributed by atoms with van der Waals surface area (Å²) in [4.78, 5) is 22.5. The Labute approximate surface area is 111 Å². The molecule has 0 unspecified atom stereocenters. The Morgan fingerprint density at radius 1 is 1.26 bits per heavy atom. The van der Waals surface area contributed by atoms with Gasteiger partial charge in [0.25, 0.3) is 5.91 Å². The minimum absolute atomic E-state index is 0.122. The van der Waals surface area contributed by atoms with E-state index in [1.165, 1.54) is 0 Å². The number of amides is 2. The van der Waals surface area contributed by atoms with Crippen molar-refractivity contribution in [2.24, 2.45) is 11.7 Å². The molecule has 1 saturated carbocycles. The van der Waals surface area contributed by atoms with E-state index < -0.39 is 5.91 Å². The average Bonchev–Trinajstić information content (AvgIpc) is 3.20. The number of anilines is 2. The van der Waals surface area contributed by atoms with Crippen molar-refractivity contribution in [3.05, 3.63) is 23.8 Å². The molecule has 6 heteroatoms. The molecule has 1 aliphatic carbocycles. The highest BCUT2D eigenvalue weighted by atomic mass is 16.2. The fourth-order valence-corrected chi connectivity index (χ4v) is 1.76. The Hall–Kier alpha value is -2.24. The van der Waals surface area contributed by atoms with Crippen molar-refractivity contribution in [2.45, 2.75) is 12.8 Å². The standard InChI is InChI=1S/C13H18N4O2/c14-11-4-3-9(7-10(11)12(15)18)16-5-6-17-13(19)8-1-2-8/h3-4,7-8,16H,1-2,5-6,14H2,(H2,15,18)(H,17,19). The van der Waals surface area contributed by atoms with Crippen molar-refractivity contribution in [3.63, 3.8) is 0 Å². The van der Waals surface area contributed by atoms with Crippen LogP contribution in [0.1, 0.15) is 23.2 Å². The molecule has 0 bridgehead atoms. The molecular weight excluding hydrogens is 244 g/mol. The van der Waals surface area contributed by atoms with Crippen LogP contribution in [0.5, 0.6) is 0 Å². The molecule has 6 N–H and O–H groups in total. The summed E-state index contributed by atoms with van der Waals surface area (Å²) in [5.74, 6) is -0.210. The zero-order valence-corrected chi connectivity index (χ0v) is 10.6. The predicted molar refractivity (Wildman–Crippen MR) is 73.6 cm³/mol. The van der Waals surface area contributed by atoms with Crippen LogP contribution in [0.4, 0.5) is 11.4 Å². The number of carbonyl (C=O) groups is 2. The lowest BCUT2D eigenvalue weighted by Gasteiger charge is -2.09. The zero-order valence-electron chi connectivity index (χ0n) is 10.6. The maximum atomic E-state index is 11.4. The third kappa shape index (κ3) is 3.61. The average molecular weight is 262 g/mol. The number of benzene rings is 1. The molecule has 1 aliphatic rings. The molecule has 102 valence electrons. The summed E-state index contributed by atoms with van der Waals surface area (Å²) in [6, 6.07) is 5.01. The molecule has 0 aliphatic heterocycles. The second kappa shape index (κ2) is 5.60. The van der Waals surface area contributed by atoms with Crippen LogP contribution in [0.3, 0.4) is 0 Å². The van der Waals surface area contributed by atoms with Gasteiger partial charge in [0.1, 0.15) is 0 Å². The lowest BCUT2D eigenvalue weighted by Crippen LogP contribution is -2.29. The lowest BCUT2D eigenvalue weighted by molar-refractivity contribution is -0.122. The van der Waals surface area contributed by atoms with E-state index in [9.17, 15) is 9.59 Å². The van der Waals surface area contributed by atoms with Gasteiger partial charge in [-0.05, 0) is 31.0 Å². The first-order valence-electron chi connectivity index (χ1n) is 6.29. The lowest BCUT2D eigenvalue weighted by atomic mass is 10.1. The molecule has 1 aromatic carbocycles. The monoisotopic (exact) mass is 262 g/mol. The summed E-state index contributed by atoms with van der Waals surface area (Å²) < 4.78 is 0. The Morgan fingerprint density at radius 2 is 2.00 bits per heavy atom. The third-order valence-electron chi connectivity index (χ3n) is 3.02. The fourth-order valence-electron chi connectivity index (χ4n) is 1.76. The highest BCUT2D eigenvalue weighted by Crippen LogP contribution is 2.28. The SMILES string of the molecule is NC(=O)c1cc(NCCNC(=O)C2CC2)ccc1N. The van der Waals surface area contributed by atoms with Gasteiger partial charge in [-0.1, -0.05) is 0 Å². The molecule has 1 fully saturated rings. The van der Waals surface area contributed by atoms with Crippen molar-refractivity contribution >= 4 is 23.2 Å². The second-order valence-corrected chi connectivity index (χ2v) is 4.66. The normalized spacial score (nSPS) is 13.9. The zero-order chi connectivity index (χ0) is 13.8. The van der Waals surface area contributed by atoms with Crippen LogP contribution in [0.25, 0.3) is 0 Å². The van der Waals surface area contributed by atoms with Gasteiger partial charge in [0.2, 0.25) is 5.91 Å². The van der Waals surface area contributed by atoms with Crippen LogP contribution < -0.4 is 22.1 Å². The van der Waals surface area contributed by atoms with Gasteiger partial charge in [-0.2, -0.15) is 0 Å². The molecule has 19 heavy (non-hydrogen) atoms. The van der Waals surface area contributed by atoms with Gasteiger partial charge in [-0.3, -0.25) is 9.59 Å². The first kappa shape index (κ1) is 13.2. The van der Waals surface area contributed by atoms with Crippen molar-refractivity contribution < 1.29 is 9.59 Å². The molecule has 0 aromatic heterocycles. The van der Waals surface area contributed by atoms with Crippen LogP contribution in [0.15, 0.2) is 18.2 Å². The maximum absolute atomic E-state index is 11.4. The second-order valence-electron chi connectivity index (χ2n) is 4.66. The van der Waals surface area contributed by atoms with Crippen molar-refractivity contribution in [1.29, 1.82) is 0 Å². The smallest absolute Gasteiger partial charge is 0.250 e. The number of nitrogens with two attached hydrogens (primary N) is 2. The van der Waals surface area contributed by atoms with E-state index in [1.54, 1.807) is 18.2 Å². The van der Waals surface area contributed by atoms with Gasteiger partial charge in [-0.15, -0.1) is 0 Å². The predicted octanol–water partition coefficient (Wildman–Crippen LogP) is 0.306. The van der Waals surface area contributed by atoms with E-state index >= 15 is 0 Å². The topological polar surface area (TPSA) is 110 Å². The van der Waals surface area contributed by atoms with Crippen molar-refractivity contribution in [1.82, 2.24) is 5.32 Å². The van der Waals surface area contributed by atoms with E-state index in [4.69, 9.17) is 11.5 Å². The van der Waals surface area contributed by atoms with E-state index in [-0.39, 0.29) is 11.8 Å². The molecule has 6 nitrogen and oxygen atoms in total. The van der Waals surface area contributed by atoms with E-state index in [2.05, 4.69) is 10.6 Å². The molecule has 0 atom stereocenters. The van der Waals surface area contributed by atoms with Gasteiger partial charge < -0.3 is 22.1 Å². The van der Waals surface area contributed by atoms with Gasteiger partial charge in [0.15, 0.2) is 0 Å². The highest BCUT2D eigenvalue weighted by molar-refractivity contribution is 5.98. The Balaban J connectivity index is 1.80. The maximum Gasteiger partial charge on any atom is 0.250 e. The summed E-state index contributed by atoms with van der Waals surface area (Å²) in [6.07, 6.45) is 2.00. The largest absolute Gasteiger partial charge is 0.398 e. The Kier molecular flexibility index (Phi) is 3.89. The number of hydrogen-bond acceptors (Lipinski definition) is 4. The number of primary amides is 1. The summed E-state index contributed by atoms with van der Waals surface area (Å²) in [7, 11) is 0. The Bertz CT molecular complexity index is 497. The van der Waals surface area contributed by atoms with Crippen LogP contribution >= 0.6 is 0 Å². The number of carbonyl (C=O) groups excluding carboxylic acids is 2. The van der Waals surface area contributed by atoms with Gasteiger partial charge in [-0.25, -0.2) is 0 Å². The first-order chi connectivity index (χ1) is 9.08. The Morgan fingerprint density at radius 3 is 2.63 bits per heavy atom. The number of hydrogen-bond donors (Lipinski definition) is 4. The molecule has 0 saturated heterocycles. The molecule has 1 aromatic rings. The van der Waals surface area contributed by atoms with E-state index in [0.717, 1.165) is 18.5 Å². The van der Waals surface area contributed by atoms with Crippen LogP contribution in [-0.2, 0) is 4.79 Å². The minimum Gasteiger partial charge on any atom is -0.398 e. The van der Waals surface area contributed by atoms with Crippen LogP contribution in [0.2, 0.25) is 0 Å². The molecule has 0 spiro atoms. The summed E-state index contributed by atoms with van der Waals surface area (Å²) in [6.45, 7) is 1.13. The number of nitrogen functional groups attached to an aromatic ring is 1. The van der Waals surface area contributed by atoms with E-state index in [0.29, 0.717) is 24.3 Å². The van der Waals surface area contributed by atoms with E-state index in [1.807, 2.05) is 0 Å². The van der Waals surface area contributed by atoms with Gasteiger partial charge in [0, 0.05) is 30.4 Å². The van der Waals surface area contributed by atoms with Crippen molar-refractivity contribution in [3.8, 4) is 0 Å². The summed E-state index contributed by atoms with van der Waals surface area (Å²) in [5, 5.41) is 5.95.